The third-order valence-electron chi connectivity index (χ3n) is 5.41. The van der Waals surface area contributed by atoms with Crippen LogP contribution in [0.25, 0.3) is 0 Å². The molecule has 3 rings (SSSR count). The Kier molecular flexibility index (Phi) is 6.09. The molecule has 0 aromatic carbocycles. The van der Waals surface area contributed by atoms with Crippen molar-refractivity contribution in [1.82, 2.24) is 9.88 Å². The van der Waals surface area contributed by atoms with E-state index in [-0.39, 0.29) is 12.2 Å². The van der Waals surface area contributed by atoms with Gasteiger partial charge < -0.3 is 23.7 Å². The molecule has 0 N–H and O–H groups in total. The number of halogens is 1. The summed E-state index contributed by atoms with van der Waals surface area (Å²) in [4.78, 5) is 18.7. The number of hydrogen-bond acceptors (Lipinski definition) is 6. The summed E-state index contributed by atoms with van der Waals surface area (Å²) in [7, 11) is -0.497. The largest absolute Gasteiger partial charge is 0.494 e. The van der Waals surface area contributed by atoms with Crippen LogP contribution in [0.3, 0.4) is 0 Å². The fraction of sp³-hybridized carbons (Fsp3) is 0.700. The molecule has 2 aliphatic rings. The van der Waals surface area contributed by atoms with Crippen molar-refractivity contribution in [2.24, 2.45) is 0 Å². The molecular weight excluding hydrogens is 439 g/mol. The Balaban J connectivity index is 1.79. The van der Waals surface area contributed by atoms with Crippen molar-refractivity contribution in [3.05, 3.63) is 22.4 Å². The normalized spacial score (nSPS) is 23.9. The molecule has 0 radical (unpaired) electrons. The summed E-state index contributed by atoms with van der Waals surface area (Å²) in [6, 6.07) is 3.82. The number of aromatic nitrogens is 1. The van der Waals surface area contributed by atoms with E-state index in [1.54, 1.807) is 4.90 Å². The van der Waals surface area contributed by atoms with E-state index < -0.39 is 23.9 Å². The van der Waals surface area contributed by atoms with Crippen molar-refractivity contribution >= 4 is 34.6 Å². The Morgan fingerprint density at radius 3 is 2.45 bits per heavy atom. The lowest BCUT2D eigenvalue weighted by Crippen LogP contribution is -2.45. The second-order valence-electron chi connectivity index (χ2n) is 9.52. The van der Waals surface area contributed by atoms with Crippen LogP contribution in [-0.4, -0.2) is 59.6 Å². The number of pyridine rings is 1. The first-order chi connectivity index (χ1) is 13.3. The average molecular weight is 469 g/mol. The number of rotatable bonds is 2. The summed E-state index contributed by atoms with van der Waals surface area (Å²) in [5.41, 5.74) is 0.184. The molecule has 0 bridgehead atoms. The molecule has 1 aromatic rings. The minimum atomic E-state index is -0.539. The highest BCUT2D eigenvalue weighted by atomic mass is 79.9. The Morgan fingerprint density at radius 2 is 1.86 bits per heavy atom. The van der Waals surface area contributed by atoms with Crippen LogP contribution >= 0.6 is 15.9 Å². The lowest BCUT2D eigenvalue weighted by Gasteiger charge is -2.34. The van der Waals surface area contributed by atoms with Crippen molar-refractivity contribution in [3.63, 3.8) is 0 Å². The van der Waals surface area contributed by atoms with E-state index in [0.717, 1.165) is 11.2 Å². The van der Waals surface area contributed by atoms with Crippen molar-refractivity contribution in [3.8, 4) is 0 Å². The first-order valence-corrected chi connectivity index (χ1v) is 10.7. The maximum Gasteiger partial charge on any atom is 0.494 e. The molecule has 0 spiro atoms. The van der Waals surface area contributed by atoms with Crippen molar-refractivity contribution in [1.29, 1.82) is 0 Å². The Bertz CT molecular complexity index is 765. The van der Waals surface area contributed by atoms with Gasteiger partial charge >= 0.3 is 13.2 Å². The first kappa shape index (κ1) is 22.5. The topological polar surface area (TPSA) is 70.1 Å². The number of morpholine rings is 1. The highest BCUT2D eigenvalue weighted by Crippen LogP contribution is 2.36. The van der Waals surface area contributed by atoms with E-state index in [1.165, 1.54) is 0 Å². The first-order valence-electron chi connectivity index (χ1n) is 9.90. The molecule has 0 saturated carbocycles. The van der Waals surface area contributed by atoms with Gasteiger partial charge in [0.2, 0.25) is 0 Å². The molecule has 0 aliphatic carbocycles. The molecule has 1 atom stereocenters. The molecule has 1 aromatic heterocycles. The average Bonchev–Trinajstić information content (AvgIpc) is 2.81. The van der Waals surface area contributed by atoms with Gasteiger partial charge in [-0.2, -0.15) is 0 Å². The molecule has 7 nitrogen and oxygen atoms in total. The number of carbonyl (C=O) groups is 1. The van der Waals surface area contributed by atoms with Gasteiger partial charge in [-0.05, 0) is 82.0 Å². The predicted molar refractivity (Wildman–Crippen MR) is 114 cm³/mol. The summed E-state index contributed by atoms with van der Waals surface area (Å²) in [5.74, 6) is 0. The molecular formula is C20H30BBrN2O5. The maximum absolute atomic E-state index is 12.5. The van der Waals surface area contributed by atoms with E-state index in [0.29, 0.717) is 24.3 Å². The van der Waals surface area contributed by atoms with E-state index >= 15 is 0 Å². The third kappa shape index (κ3) is 5.13. The smallest absolute Gasteiger partial charge is 0.444 e. The van der Waals surface area contributed by atoms with Crippen LogP contribution in [0.2, 0.25) is 0 Å². The fourth-order valence-electron chi connectivity index (χ4n) is 3.14. The third-order valence-corrected chi connectivity index (χ3v) is 5.82. The van der Waals surface area contributed by atoms with Gasteiger partial charge in [-0.1, -0.05) is 0 Å². The molecule has 1 unspecified atom stereocenters. The lowest BCUT2D eigenvalue weighted by molar-refractivity contribution is -0.0447. The quantitative estimate of drug-likeness (QED) is 0.489. The molecule has 2 aliphatic heterocycles. The van der Waals surface area contributed by atoms with E-state index in [1.807, 2.05) is 60.6 Å². The van der Waals surface area contributed by atoms with Crippen LogP contribution in [0.5, 0.6) is 0 Å². The van der Waals surface area contributed by atoms with Crippen molar-refractivity contribution in [2.45, 2.75) is 71.4 Å². The standard InChI is InChI=1S/C20H30BBrN2O5/c1-18(2,3)27-17(25)24-8-9-26-15(12-24)14-10-13(11-16(22)23-14)21-28-19(4,5)20(6,7)29-21/h10-11,15H,8-9,12H2,1-7H3. The molecule has 2 saturated heterocycles. The zero-order valence-electron chi connectivity index (χ0n) is 18.2. The molecule has 9 heteroatoms. The van der Waals surface area contributed by atoms with Gasteiger partial charge in [0.15, 0.2) is 0 Å². The van der Waals surface area contributed by atoms with Crippen LogP contribution in [0.15, 0.2) is 16.7 Å². The second kappa shape index (κ2) is 7.83. The van der Waals surface area contributed by atoms with Gasteiger partial charge in [-0.15, -0.1) is 0 Å². The van der Waals surface area contributed by atoms with Gasteiger partial charge in [-0.25, -0.2) is 9.78 Å². The van der Waals surface area contributed by atoms with Crippen molar-refractivity contribution < 1.29 is 23.6 Å². The molecule has 29 heavy (non-hydrogen) atoms. The SMILES string of the molecule is CC(C)(C)OC(=O)N1CCOC(c2cc(B3OC(C)(C)C(C)(C)O3)cc(Br)n2)C1. The minimum Gasteiger partial charge on any atom is -0.444 e. The van der Waals surface area contributed by atoms with E-state index in [4.69, 9.17) is 18.8 Å². The van der Waals surface area contributed by atoms with E-state index in [2.05, 4.69) is 20.9 Å². The second-order valence-corrected chi connectivity index (χ2v) is 10.3. The summed E-state index contributed by atoms with van der Waals surface area (Å²) in [5, 5.41) is 0. The Morgan fingerprint density at radius 1 is 1.24 bits per heavy atom. The number of carbonyl (C=O) groups excluding carboxylic acids is 1. The molecule has 3 heterocycles. The maximum atomic E-state index is 12.5. The van der Waals surface area contributed by atoms with Gasteiger partial charge in [0.25, 0.3) is 0 Å². The van der Waals surface area contributed by atoms with Crippen LogP contribution in [0.4, 0.5) is 4.79 Å². The molecule has 2 fully saturated rings. The van der Waals surface area contributed by atoms with Gasteiger partial charge in [0.1, 0.15) is 16.3 Å². The Hall–Kier alpha value is -1.16. The number of amides is 1. The predicted octanol–water partition coefficient (Wildman–Crippen LogP) is 3.45. The lowest BCUT2D eigenvalue weighted by atomic mass is 9.79. The van der Waals surface area contributed by atoms with Crippen LogP contribution < -0.4 is 5.46 Å². The number of ether oxygens (including phenoxy) is 2. The van der Waals surface area contributed by atoms with Gasteiger partial charge in [0, 0.05) is 6.54 Å². The minimum absolute atomic E-state index is 0.341. The highest BCUT2D eigenvalue weighted by molar-refractivity contribution is 9.10. The van der Waals surface area contributed by atoms with E-state index in [9.17, 15) is 4.79 Å². The summed E-state index contributed by atoms with van der Waals surface area (Å²) in [6.45, 7) is 14.9. The zero-order valence-corrected chi connectivity index (χ0v) is 19.8. The van der Waals surface area contributed by atoms with Crippen LogP contribution in [0, 0.1) is 0 Å². The van der Waals surface area contributed by atoms with Crippen molar-refractivity contribution in [2.75, 3.05) is 19.7 Å². The summed E-state index contributed by atoms with van der Waals surface area (Å²) in [6.07, 6.45) is -0.693. The van der Waals surface area contributed by atoms with Crippen LogP contribution in [-0.2, 0) is 18.8 Å². The zero-order chi connectivity index (χ0) is 21.6. The molecule has 1 amide bonds. The number of nitrogens with zero attached hydrogens (tertiary/aromatic N) is 2. The summed E-state index contributed by atoms with van der Waals surface area (Å²) >= 11 is 3.48. The summed E-state index contributed by atoms with van der Waals surface area (Å²) < 4.78 is 24.4. The molecule has 160 valence electrons. The highest BCUT2D eigenvalue weighted by Gasteiger charge is 2.52. The monoisotopic (exact) mass is 468 g/mol. The van der Waals surface area contributed by atoms with Gasteiger partial charge in [-0.3, -0.25) is 0 Å². The number of hydrogen-bond donors (Lipinski definition) is 0. The fourth-order valence-corrected chi connectivity index (χ4v) is 3.61. The van der Waals surface area contributed by atoms with Crippen LogP contribution in [0.1, 0.15) is 60.3 Å². The Labute approximate surface area is 181 Å². The van der Waals surface area contributed by atoms with Gasteiger partial charge in [0.05, 0.1) is 30.0 Å².